The molecule has 0 spiro atoms. The zero-order valence-corrected chi connectivity index (χ0v) is 15.1. The van der Waals surface area contributed by atoms with Gasteiger partial charge in [-0.3, -0.25) is 4.79 Å². The molecule has 1 amide bonds. The molecule has 0 saturated heterocycles. The van der Waals surface area contributed by atoms with Crippen LogP contribution < -0.4 is 10.1 Å². The Labute approximate surface area is 152 Å². The lowest BCUT2D eigenvalue weighted by Gasteiger charge is -2.09. The predicted octanol–water partition coefficient (Wildman–Crippen LogP) is 4.82. The van der Waals surface area contributed by atoms with E-state index in [1.807, 2.05) is 26.0 Å². The van der Waals surface area contributed by atoms with Gasteiger partial charge < -0.3 is 10.1 Å². The third kappa shape index (κ3) is 5.59. The van der Waals surface area contributed by atoms with Gasteiger partial charge in [0.05, 0.1) is 6.54 Å². The van der Waals surface area contributed by atoms with Gasteiger partial charge in [-0.05, 0) is 49.2 Å². The molecular weight excluding hydrogens is 345 g/mol. The summed E-state index contributed by atoms with van der Waals surface area (Å²) in [5, 5.41) is 3.83. The second-order valence-corrected chi connectivity index (χ2v) is 6.25. The normalized spacial score (nSPS) is 10.8. The monoisotopic (exact) mass is 363 g/mol. The van der Waals surface area contributed by atoms with E-state index in [2.05, 4.69) is 11.4 Å². The average Bonchev–Trinajstić information content (AvgIpc) is 2.52. The van der Waals surface area contributed by atoms with Crippen molar-refractivity contribution in [3.8, 4) is 5.75 Å². The lowest BCUT2D eigenvalue weighted by Crippen LogP contribution is -2.26. The SMILES string of the molecule is Cc1ccc(OCCNC(=O)/C=C/c2ccc(Cl)cc2Cl)c(C)c1. The van der Waals surface area contributed by atoms with Crippen LogP contribution >= 0.6 is 23.2 Å². The maximum atomic E-state index is 11.8. The van der Waals surface area contributed by atoms with Crippen molar-refractivity contribution >= 4 is 35.2 Å². The maximum Gasteiger partial charge on any atom is 0.244 e. The van der Waals surface area contributed by atoms with Gasteiger partial charge in [-0.15, -0.1) is 0 Å². The van der Waals surface area contributed by atoms with E-state index in [1.54, 1.807) is 24.3 Å². The van der Waals surface area contributed by atoms with E-state index in [4.69, 9.17) is 27.9 Å². The largest absolute Gasteiger partial charge is 0.491 e. The second kappa shape index (κ2) is 8.76. The van der Waals surface area contributed by atoms with E-state index >= 15 is 0 Å². The Morgan fingerprint density at radius 3 is 2.67 bits per heavy atom. The zero-order valence-electron chi connectivity index (χ0n) is 13.6. The number of amides is 1. The van der Waals surface area contributed by atoms with E-state index in [0.29, 0.717) is 23.2 Å². The molecule has 0 aromatic heterocycles. The molecule has 5 heteroatoms. The van der Waals surface area contributed by atoms with Gasteiger partial charge in [0.15, 0.2) is 0 Å². The number of aryl methyl sites for hydroxylation is 2. The Hall–Kier alpha value is -1.97. The van der Waals surface area contributed by atoms with Gasteiger partial charge in [-0.2, -0.15) is 0 Å². The minimum absolute atomic E-state index is 0.203. The fourth-order valence-corrected chi connectivity index (χ4v) is 2.63. The molecule has 2 aromatic carbocycles. The van der Waals surface area contributed by atoms with Gasteiger partial charge in [0.1, 0.15) is 12.4 Å². The van der Waals surface area contributed by atoms with E-state index < -0.39 is 0 Å². The molecule has 0 radical (unpaired) electrons. The Kier molecular flexibility index (Phi) is 6.71. The first kappa shape index (κ1) is 18.4. The van der Waals surface area contributed by atoms with Gasteiger partial charge in [-0.1, -0.05) is 47.0 Å². The molecular formula is C19H19Cl2NO2. The number of benzene rings is 2. The van der Waals surface area contributed by atoms with Crippen LogP contribution in [0.4, 0.5) is 0 Å². The number of hydrogen-bond donors (Lipinski definition) is 1. The summed E-state index contributed by atoms with van der Waals surface area (Å²) in [6, 6.07) is 11.1. The molecule has 24 heavy (non-hydrogen) atoms. The third-order valence-electron chi connectivity index (χ3n) is 3.37. The molecule has 0 saturated carbocycles. The van der Waals surface area contributed by atoms with Crippen molar-refractivity contribution in [2.45, 2.75) is 13.8 Å². The van der Waals surface area contributed by atoms with Gasteiger partial charge in [0.2, 0.25) is 5.91 Å². The molecule has 0 atom stereocenters. The summed E-state index contributed by atoms with van der Waals surface area (Å²) in [5.74, 6) is 0.628. The highest BCUT2D eigenvalue weighted by molar-refractivity contribution is 6.35. The van der Waals surface area contributed by atoms with Crippen molar-refractivity contribution in [2.24, 2.45) is 0 Å². The van der Waals surface area contributed by atoms with Gasteiger partial charge >= 0.3 is 0 Å². The number of ether oxygens (including phenoxy) is 1. The first-order valence-electron chi connectivity index (χ1n) is 7.57. The molecule has 0 bridgehead atoms. The van der Waals surface area contributed by atoms with Crippen LogP contribution in [0.2, 0.25) is 10.0 Å². The topological polar surface area (TPSA) is 38.3 Å². The zero-order chi connectivity index (χ0) is 17.5. The quantitative estimate of drug-likeness (QED) is 0.590. The Morgan fingerprint density at radius 2 is 1.96 bits per heavy atom. The van der Waals surface area contributed by atoms with Crippen LogP contribution in [-0.2, 0) is 4.79 Å². The predicted molar refractivity (Wildman–Crippen MR) is 99.9 cm³/mol. The minimum atomic E-state index is -0.203. The smallest absolute Gasteiger partial charge is 0.244 e. The van der Waals surface area contributed by atoms with Crippen molar-refractivity contribution in [2.75, 3.05) is 13.2 Å². The third-order valence-corrected chi connectivity index (χ3v) is 3.93. The van der Waals surface area contributed by atoms with E-state index in [-0.39, 0.29) is 5.91 Å². The minimum Gasteiger partial charge on any atom is -0.491 e. The summed E-state index contributed by atoms with van der Waals surface area (Å²) in [5.41, 5.74) is 3.01. The second-order valence-electron chi connectivity index (χ2n) is 5.41. The Balaban J connectivity index is 1.78. The molecule has 0 fully saturated rings. The lowest BCUT2D eigenvalue weighted by molar-refractivity contribution is -0.116. The Bertz CT molecular complexity index is 757. The maximum absolute atomic E-state index is 11.8. The number of hydrogen-bond acceptors (Lipinski definition) is 2. The molecule has 3 nitrogen and oxygen atoms in total. The summed E-state index contributed by atoms with van der Waals surface area (Å²) in [4.78, 5) is 11.8. The summed E-state index contributed by atoms with van der Waals surface area (Å²) in [6.07, 6.45) is 3.09. The first-order valence-corrected chi connectivity index (χ1v) is 8.32. The van der Waals surface area contributed by atoms with E-state index in [0.717, 1.165) is 16.9 Å². The summed E-state index contributed by atoms with van der Waals surface area (Å²) < 4.78 is 5.66. The molecule has 0 unspecified atom stereocenters. The standard InChI is InChI=1S/C19H19Cl2NO2/c1-13-3-7-18(14(2)11-13)24-10-9-22-19(23)8-5-15-4-6-16(20)12-17(15)21/h3-8,11-12H,9-10H2,1-2H3,(H,22,23)/b8-5+. The van der Waals surface area contributed by atoms with Crippen LogP contribution in [0.5, 0.6) is 5.75 Å². The molecule has 0 aliphatic rings. The van der Waals surface area contributed by atoms with Gasteiger partial charge in [0.25, 0.3) is 0 Å². The molecule has 0 aliphatic carbocycles. The number of carbonyl (C=O) groups is 1. The Morgan fingerprint density at radius 1 is 1.17 bits per heavy atom. The average molecular weight is 364 g/mol. The number of nitrogens with one attached hydrogen (secondary N) is 1. The first-order chi connectivity index (χ1) is 11.5. The fraction of sp³-hybridized carbons (Fsp3) is 0.211. The molecule has 0 aliphatic heterocycles. The van der Waals surface area contributed by atoms with Crippen molar-refractivity contribution < 1.29 is 9.53 Å². The van der Waals surface area contributed by atoms with E-state index in [1.165, 1.54) is 11.6 Å². The summed E-state index contributed by atoms with van der Waals surface area (Å²) >= 11 is 11.9. The van der Waals surface area contributed by atoms with Crippen LogP contribution in [0.25, 0.3) is 6.08 Å². The van der Waals surface area contributed by atoms with Crippen LogP contribution in [-0.4, -0.2) is 19.1 Å². The van der Waals surface area contributed by atoms with Crippen molar-refractivity contribution in [3.05, 3.63) is 69.2 Å². The van der Waals surface area contributed by atoms with Gasteiger partial charge in [-0.25, -0.2) is 0 Å². The molecule has 0 heterocycles. The molecule has 1 N–H and O–H groups in total. The fourth-order valence-electron chi connectivity index (χ4n) is 2.16. The van der Waals surface area contributed by atoms with E-state index in [9.17, 15) is 4.79 Å². The van der Waals surface area contributed by atoms with Crippen molar-refractivity contribution in [1.29, 1.82) is 0 Å². The number of halogens is 2. The highest BCUT2D eigenvalue weighted by Gasteiger charge is 2.01. The summed E-state index contributed by atoms with van der Waals surface area (Å²) in [6.45, 7) is 4.87. The molecule has 126 valence electrons. The highest BCUT2D eigenvalue weighted by Crippen LogP contribution is 2.22. The number of carbonyl (C=O) groups excluding carboxylic acids is 1. The molecule has 2 rings (SSSR count). The van der Waals surface area contributed by atoms with Crippen LogP contribution in [0.15, 0.2) is 42.5 Å². The van der Waals surface area contributed by atoms with Gasteiger partial charge in [0, 0.05) is 16.1 Å². The van der Waals surface area contributed by atoms with Crippen LogP contribution in [0.3, 0.4) is 0 Å². The summed E-state index contributed by atoms with van der Waals surface area (Å²) in [7, 11) is 0. The molecule has 2 aromatic rings. The van der Waals surface area contributed by atoms with Crippen molar-refractivity contribution in [3.63, 3.8) is 0 Å². The lowest BCUT2D eigenvalue weighted by atomic mass is 10.1. The highest BCUT2D eigenvalue weighted by atomic mass is 35.5. The van der Waals surface area contributed by atoms with Crippen LogP contribution in [0, 0.1) is 13.8 Å². The number of rotatable bonds is 6. The van der Waals surface area contributed by atoms with Crippen molar-refractivity contribution in [1.82, 2.24) is 5.32 Å². The van der Waals surface area contributed by atoms with Crippen LogP contribution in [0.1, 0.15) is 16.7 Å².